The number of fused-ring (bicyclic) bond motifs is 1. The van der Waals surface area contributed by atoms with Gasteiger partial charge in [-0.3, -0.25) is 0 Å². The molecule has 0 spiro atoms. The highest BCUT2D eigenvalue weighted by molar-refractivity contribution is 5.35. The Labute approximate surface area is 106 Å². The third-order valence-corrected chi connectivity index (χ3v) is 4.39. The van der Waals surface area contributed by atoms with E-state index in [4.69, 9.17) is 0 Å². The largest absolute Gasteiger partial charge is 0.0654 e. The Morgan fingerprint density at radius 1 is 0.941 bits per heavy atom. The first-order valence-electron chi connectivity index (χ1n) is 7.45. The van der Waals surface area contributed by atoms with Crippen molar-refractivity contribution >= 4 is 0 Å². The average Bonchev–Trinajstić information content (AvgIpc) is 2.39. The normalized spacial score (nSPS) is 23.4. The molecular formula is C17H26. The van der Waals surface area contributed by atoms with Crippen molar-refractivity contribution in [2.45, 2.75) is 70.6 Å². The van der Waals surface area contributed by atoms with Gasteiger partial charge in [0.2, 0.25) is 0 Å². The lowest BCUT2D eigenvalue weighted by Gasteiger charge is -2.31. The quantitative estimate of drug-likeness (QED) is 0.574. The lowest BCUT2D eigenvalue weighted by molar-refractivity contribution is 0.442. The van der Waals surface area contributed by atoms with E-state index >= 15 is 0 Å². The Balaban J connectivity index is 2.10. The highest BCUT2D eigenvalue weighted by atomic mass is 14.3. The number of unbranched alkanes of at least 4 members (excludes halogenated alkanes) is 2. The highest BCUT2D eigenvalue weighted by Crippen LogP contribution is 2.42. The summed E-state index contributed by atoms with van der Waals surface area (Å²) in [6, 6.07) is 9.20. The average molecular weight is 230 g/mol. The van der Waals surface area contributed by atoms with Crippen molar-refractivity contribution in [1.29, 1.82) is 0 Å². The Hall–Kier alpha value is -0.780. The van der Waals surface area contributed by atoms with Crippen molar-refractivity contribution in [3.63, 3.8) is 0 Å². The maximum absolute atomic E-state index is 2.38. The molecule has 0 nitrogen and oxygen atoms in total. The molecule has 0 amide bonds. The van der Waals surface area contributed by atoms with Crippen LogP contribution in [0.25, 0.3) is 0 Å². The van der Waals surface area contributed by atoms with Crippen LogP contribution in [0.4, 0.5) is 0 Å². The molecule has 0 heteroatoms. The maximum Gasteiger partial charge on any atom is -0.0159 e. The molecule has 0 aromatic heterocycles. The van der Waals surface area contributed by atoms with Gasteiger partial charge in [0.05, 0.1) is 0 Å². The van der Waals surface area contributed by atoms with Gasteiger partial charge < -0.3 is 0 Å². The van der Waals surface area contributed by atoms with Crippen LogP contribution in [-0.4, -0.2) is 0 Å². The topological polar surface area (TPSA) is 0 Å². The molecule has 0 saturated heterocycles. The van der Waals surface area contributed by atoms with Crippen LogP contribution in [-0.2, 0) is 0 Å². The molecule has 0 saturated carbocycles. The van der Waals surface area contributed by atoms with Gasteiger partial charge in [0.25, 0.3) is 0 Å². The van der Waals surface area contributed by atoms with Crippen molar-refractivity contribution in [3.8, 4) is 0 Å². The monoisotopic (exact) mass is 230 g/mol. The van der Waals surface area contributed by atoms with Crippen molar-refractivity contribution < 1.29 is 0 Å². The molecule has 0 aliphatic heterocycles. The van der Waals surface area contributed by atoms with Gasteiger partial charge >= 0.3 is 0 Å². The Morgan fingerprint density at radius 2 is 1.59 bits per heavy atom. The summed E-state index contributed by atoms with van der Waals surface area (Å²) in [4.78, 5) is 0. The standard InChI is InChI=1S/C17H26/c1-3-5-6-9-15-13-12-14(4-2)16-10-7-8-11-17(15)16/h7-8,10-11,14-15H,3-6,9,12-13H2,1-2H3. The van der Waals surface area contributed by atoms with E-state index in [1.165, 1.54) is 44.9 Å². The summed E-state index contributed by atoms with van der Waals surface area (Å²) in [5, 5.41) is 0. The molecule has 0 bridgehead atoms. The van der Waals surface area contributed by atoms with Gasteiger partial charge in [0, 0.05) is 0 Å². The van der Waals surface area contributed by atoms with Crippen LogP contribution in [0, 0.1) is 0 Å². The van der Waals surface area contributed by atoms with Crippen LogP contribution in [0.1, 0.15) is 81.8 Å². The van der Waals surface area contributed by atoms with Gasteiger partial charge in [-0.1, -0.05) is 57.4 Å². The van der Waals surface area contributed by atoms with Gasteiger partial charge in [0.15, 0.2) is 0 Å². The zero-order chi connectivity index (χ0) is 12.1. The summed E-state index contributed by atoms with van der Waals surface area (Å²) in [6.07, 6.45) is 9.68. The van der Waals surface area contributed by atoms with Crippen molar-refractivity contribution in [3.05, 3.63) is 35.4 Å². The number of hydrogen-bond donors (Lipinski definition) is 0. The summed E-state index contributed by atoms with van der Waals surface area (Å²) in [6.45, 7) is 4.63. The molecule has 2 atom stereocenters. The minimum Gasteiger partial charge on any atom is -0.0654 e. The molecular weight excluding hydrogens is 204 g/mol. The van der Waals surface area contributed by atoms with Crippen molar-refractivity contribution in [1.82, 2.24) is 0 Å². The van der Waals surface area contributed by atoms with Gasteiger partial charge in [-0.05, 0) is 48.6 Å². The number of benzene rings is 1. The minimum absolute atomic E-state index is 0.827. The summed E-state index contributed by atoms with van der Waals surface area (Å²) >= 11 is 0. The SMILES string of the molecule is CCCCCC1CCC(CC)c2ccccc21. The molecule has 1 aromatic rings. The highest BCUT2D eigenvalue weighted by Gasteiger charge is 2.25. The predicted octanol–water partition coefficient (Wildman–Crippen LogP) is 5.64. The molecule has 1 aliphatic carbocycles. The fourth-order valence-corrected chi connectivity index (χ4v) is 3.33. The van der Waals surface area contributed by atoms with Crippen molar-refractivity contribution in [2.75, 3.05) is 0 Å². The van der Waals surface area contributed by atoms with E-state index in [9.17, 15) is 0 Å². The molecule has 0 heterocycles. The first-order chi connectivity index (χ1) is 8.36. The third kappa shape index (κ3) is 2.91. The van der Waals surface area contributed by atoms with Crippen LogP contribution in [0.15, 0.2) is 24.3 Å². The summed E-state index contributed by atoms with van der Waals surface area (Å²) in [7, 11) is 0. The zero-order valence-corrected chi connectivity index (χ0v) is 11.4. The van der Waals surface area contributed by atoms with E-state index in [1.54, 1.807) is 11.1 Å². The first kappa shape index (κ1) is 12.7. The van der Waals surface area contributed by atoms with Crippen molar-refractivity contribution in [2.24, 2.45) is 0 Å². The molecule has 0 radical (unpaired) electrons. The molecule has 2 unspecified atom stereocenters. The van der Waals surface area contributed by atoms with Crippen LogP contribution in [0.3, 0.4) is 0 Å². The first-order valence-corrected chi connectivity index (χ1v) is 7.45. The van der Waals surface area contributed by atoms with Crippen LogP contribution in [0.2, 0.25) is 0 Å². The van der Waals surface area contributed by atoms with E-state index in [0.717, 1.165) is 11.8 Å². The molecule has 0 N–H and O–H groups in total. The van der Waals surface area contributed by atoms with Gasteiger partial charge in [-0.15, -0.1) is 0 Å². The fraction of sp³-hybridized carbons (Fsp3) is 0.647. The Bertz CT molecular complexity index is 340. The minimum atomic E-state index is 0.827. The molecule has 1 aliphatic rings. The third-order valence-electron chi connectivity index (χ3n) is 4.39. The smallest absolute Gasteiger partial charge is 0.0159 e. The predicted molar refractivity (Wildman–Crippen MR) is 75.6 cm³/mol. The Kier molecular flexibility index (Phi) is 4.65. The lowest BCUT2D eigenvalue weighted by Crippen LogP contribution is -2.14. The number of rotatable bonds is 5. The molecule has 0 fully saturated rings. The molecule has 2 rings (SSSR count). The van der Waals surface area contributed by atoms with Gasteiger partial charge in [0.1, 0.15) is 0 Å². The van der Waals surface area contributed by atoms with E-state index in [-0.39, 0.29) is 0 Å². The van der Waals surface area contributed by atoms with Gasteiger partial charge in [-0.2, -0.15) is 0 Å². The lowest BCUT2D eigenvalue weighted by atomic mass is 9.74. The summed E-state index contributed by atoms with van der Waals surface area (Å²) in [5.74, 6) is 1.68. The molecule has 17 heavy (non-hydrogen) atoms. The maximum atomic E-state index is 2.38. The second-order valence-corrected chi connectivity index (χ2v) is 5.50. The zero-order valence-electron chi connectivity index (χ0n) is 11.4. The van der Waals surface area contributed by atoms with E-state index in [2.05, 4.69) is 38.1 Å². The van der Waals surface area contributed by atoms with Gasteiger partial charge in [-0.25, -0.2) is 0 Å². The van der Waals surface area contributed by atoms with E-state index < -0.39 is 0 Å². The van der Waals surface area contributed by atoms with E-state index in [0.29, 0.717) is 0 Å². The van der Waals surface area contributed by atoms with Crippen LogP contribution < -0.4 is 0 Å². The number of hydrogen-bond acceptors (Lipinski definition) is 0. The van der Waals surface area contributed by atoms with E-state index in [1.807, 2.05) is 0 Å². The van der Waals surface area contributed by atoms with Crippen LogP contribution in [0.5, 0.6) is 0 Å². The fourth-order valence-electron chi connectivity index (χ4n) is 3.33. The van der Waals surface area contributed by atoms with Crippen LogP contribution >= 0.6 is 0 Å². The molecule has 94 valence electrons. The molecule has 1 aromatic carbocycles. The second kappa shape index (κ2) is 6.23. The summed E-state index contributed by atoms with van der Waals surface area (Å²) < 4.78 is 0. The second-order valence-electron chi connectivity index (χ2n) is 5.50. The summed E-state index contributed by atoms with van der Waals surface area (Å²) in [5.41, 5.74) is 3.32. The Morgan fingerprint density at radius 3 is 2.24 bits per heavy atom.